The number of hydrogen-bond acceptors (Lipinski definition) is 16. The van der Waals surface area contributed by atoms with Crippen LogP contribution in [0.3, 0.4) is 0 Å². The second-order valence-corrected chi connectivity index (χ2v) is 30.4. The zero-order valence-electron chi connectivity index (χ0n) is 58.9. The summed E-state index contributed by atoms with van der Waals surface area (Å²) in [6.45, 7) is 11.7. The van der Waals surface area contributed by atoms with E-state index in [0.29, 0.717) is 135 Å². The lowest BCUT2D eigenvalue weighted by Crippen LogP contribution is -2.49. The van der Waals surface area contributed by atoms with Crippen molar-refractivity contribution in [2.24, 2.45) is 47.2 Å². The lowest BCUT2D eigenvalue weighted by molar-refractivity contribution is -0.150. The number of hydrogen-bond donors (Lipinski definition) is 3. The molecule has 104 heavy (non-hydrogen) atoms. The standard InChI is InChI=1S/C28H30BBrClFO6S.C26H31BClFN2O3.C24H27ClFN3O2/c1-3-37-28(33)22(18-38-39(35,36)25-11-8-23(30)9-12-25)15-20(17-29(2)34)14-19-4-6-21(7-5-19)26-16-24(31)10-13-27(26)32;1-3-34-26(32)22(17-31-15-20(14-30)16-31)11-19(13-27(2)33)10-18-4-6-21(7-5-18)24-12-23(28)8-9-25(24)29;1-2-31-24(30)19(15-29-13-17(12-27)14-29)10-21(28)9-16-3-5-18(6-4-16)22-11-20(25)7-8-23(22)26/h4-13,16,20,22,34H,3,14-15,17-18H2,1-2H3;4-9,12,19-20,22,33H,3,10-11,13,15-17H2,1-2H3;3-8,11,17,19,21H,2,9-10,13-15,28H2,1H3/t20-,22+;19-,22+;19-,21+/m110/s1. The Bertz CT molecular complexity index is 4140. The highest BCUT2D eigenvalue weighted by molar-refractivity contribution is 9.10. The zero-order chi connectivity index (χ0) is 75.6. The first-order chi connectivity index (χ1) is 49.6. The van der Waals surface area contributed by atoms with Crippen LogP contribution in [-0.2, 0) is 62.2 Å². The highest BCUT2D eigenvalue weighted by atomic mass is 79.9. The van der Waals surface area contributed by atoms with Crippen molar-refractivity contribution in [3.8, 4) is 45.5 Å². The molecule has 2 saturated heterocycles. The van der Waals surface area contributed by atoms with Gasteiger partial charge in [-0.25, -0.2) is 13.2 Å². The van der Waals surface area contributed by atoms with E-state index < -0.39 is 35.8 Å². The average Bonchev–Trinajstić information content (AvgIpc) is 0.844. The van der Waals surface area contributed by atoms with Crippen LogP contribution in [0.2, 0.25) is 41.4 Å². The predicted molar refractivity (Wildman–Crippen MR) is 406 cm³/mol. The van der Waals surface area contributed by atoms with Crippen LogP contribution in [0.25, 0.3) is 33.4 Å². The quantitative estimate of drug-likeness (QED) is 0.0150. The highest BCUT2D eigenvalue weighted by Crippen LogP contribution is 2.34. The molecule has 0 bridgehead atoms. The van der Waals surface area contributed by atoms with E-state index in [1.165, 1.54) is 48.5 Å². The molecule has 26 heteroatoms. The van der Waals surface area contributed by atoms with Gasteiger partial charge < -0.3 is 30.0 Å². The molecule has 7 aromatic rings. The first-order valence-corrected chi connectivity index (χ1v) is 38.1. The Morgan fingerprint density at radius 3 is 1.23 bits per heavy atom. The number of nitriles is 2. The fraction of sp³-hybridized carbons (Fsp3) is 0.397. The molecule has 2 aliphatic heterocycles. The molecule has 16 nitrogen and oxygen atoms in total. The smallest absolute Gasteiger partial charge is 0.311 e. The number of rotatable bonds is 33. The van der Waals surface area contributed by atoms with E-state index in [2.05, 4.69) is 37.9 Å². The summed E-state index contributed by atoms with van der Waals surface area (Å²) >= 11 is 21.3. The molecule has 0 unspecified atom stereocenters. The summed E-state index contributed by atoms with van der Waals surface area (Å²) in [6.07, 6.45) is 4.03. The second kappa shape index (κ2) is 41.7. The van der Waals surface area contributed by atoms with Crippen molar-refractivity contribution >= 4 is 92.6 Å². The lowest BCUT2D eigenvalue weighted by Gasteiger charge is -2.37. The molecule has 0 radical (unpaired) electrons. The van der Waals surface area contributed by atoms with E-state index in [9.17, 15) is 46.0 Å². The molecule has 0 aliphatic carbocycles. The minimum Gasteiger partial charge on any atom is -0.466 e. The molecule has 9 rings (SSSR count). The third-order valence-electron chi connectivity index (χ3n) is 17.9. The third-order valence-corrected chi connectivity index (χ3v) is 20.5. The lowest BCUT2D eigenvalue weighted by atomic mass is 9.62. The number of halogens is 7. The second-order valence-electron chi connectivity index (χ2n) is 26.6. The van der Waals surface area contributed by atoms with Crippen LogP contribution in [0.4, 0.5) is 13.2 Å². The number of nitrogens with two attached hydrogens (primary N) is 1. The molecular weight excluding hydrogens is 1480 g/mol. The van der Waals surface area contributed by atoms with E-state index in [-0.39, 0.29) is 95.5 Å². The van der Waals surface area contributed by atoms with Crippen LogP contribution < -0.4 is 5.73 Å². The Balaban J connectivity index is 0.000000220. The Hall–Kier alpha value is -7.09. The van der Waals surface area contributed by atoms with Gasteiger partial charge >= 0.3 is 17.9 Å². The molecule has 6 atom stereocenters. The molecule has 2 aliphatic rings. The van der Waals surface area contributed by atoms with E-state index in [4.69, 9.17) is 69.5 Å². The molecule has 7 aromatic carbocycles. The Morgan fingerprint density at radius 2 is 0.885 bits per heavy atom. The summed E-state index contributed by atoms with van der Waals surface area (Å²) in [6, 6.07) is 46.1. The van der Waals surface area contributed by atoms with E-state index >= 15 is 0 Å². The van der Waals surface area contributed by atoms with Crippen molar-refractivity contribution in [1.82, 2.24) is 9.80 Å². The van der Waals surface area contributed by atoms with Crippen molar-refractivity contribution in [3.63, 3.8) is 0 Å². The zero-order valence-corrected chi connectivity index (χ0v) is 63.6. The third kappa shape index (κ3) is 26.7. The van der Waals surface area contributed by atoms with E-state index in [0.717, 1.165) is 32.3 Å². The molecule has 2 heterocycles. The monoisotopic (exact) mass is 1570 g/mol. The van der Waals surface area contributed by atoms with Gasteiger partial charge in [0.25, 0.3) is 23.9 Å². The highest BCUT2D eigenvalue weighted by Gasteiger charge is 2.35. The van der Waals surface area contributed by atoms with Crippen LogP contribution >= 0.6 is 50.7 Å². The van der Waals surface area contributed by atoms with Crippen LogP contribution in [0.5, 0.6) is 0 Å². The van der Waals surface area contributed by atoms with Gasteiger partial charge in [-0.2, -0.15) is 18.9 Å². The SMILES string of the molecule is CCOC(=O)[C@@H](C[C@H](CB(C)O)Cc1ccc(-c2cc(Cl)ccc2F)cc1)CN1CC(C#N)C1.CCOC(=O)[C@@H](C[C@H](N)Cc1ccc(-c2cc(Cl)ccc2F)cc1)CN1CC(C#N)C1.CCOC(=O)[C@H](COS(=O)(=O)c1ccc(Br)cc1)C[C@H](CB(C)O)Cc1ccc(-c2cc(Cl)ccc2F)cc1. The van der Waals surface area contributed by atoms with Gasteiger partial charge in [-0.3, -0.25) is 28.4 Å². The fourth-order valence-corrected chi connectivity index (χ4v) is 14.6. The summed E-state index contributed by atoms with van der Waals surface area (Å²) in [7, 11) is -4.09. The van der Waals surface area contributed by atoms with Gasteiger partial charge in [-0.05, 0) is 196 Å². The minimum atomic E-state index is -4.09. The normalized spacial score (nSPS) is 14.9. The summed E-state index contributed by atoms with van der Waals surface area (Å²) in [5.41, 5.74) is 12.8. The maximum Gasteiger partial charge on any atom is 0.311 e. The van der Waals surface area contributed by atoms with Crippen molar-refractivity contribution in [2.75, 3.05) is 65.7 Å². The number of ether oxygens (including phenoxy) is 3. The molecule has 552 valence electrons. The van der Waals surface area contributed by atoms with Gasteiger partial charge in [0.1, 0.15) is 17.5 Å². The summed E-state index contributed by atoms with van der Waals surface area (Å²) in [5.74, 6) is -3.63. The summed E-state index contributed by atoms with van der Waals surface area (Å²) < 4.78 is 89.8. The molecule has 0 amide bonds. The van der Waals surface area contributed by atoms with Gasteiger partial charge in [-0.15, -0.1) is 0 Å². The number of likely N-dealkylation sites (tertiary alicyclic amines) is 2. The van der Waals surface area contributed by atoms with Gasteiger partial charge in [0.2, 0.25) is 0 Å². The van der Waals surface area contributed by atoms with Crippen LogP contribution in [0, 0.1) is 81.5 Å². The first kappa shape index (κ1) is 84.2. The molecule has 0 aromatic heterocycles. The average molecular weight is 1570 g/mol. The van der Waals surface area contributed by atoms with Gasteiger partial charge in [0.05, 0.1) is 73.1 Å². The number of carbonyl (C=O) groups excluding carboxylic acids is 3. The largest absolute Gasteiger partial charge is 0.466 e. The Kier molecular flexibility index (Phi) is 33.8. The maximum atomic E-state index is 14.3. The van der Waals surface area contributed by atoms with Crippen molar-refractivity contribution in [1.29, 1.82) is 10.5 Å². The van der Waals surface area contributed by atoms with Gasteiger partial charge in [0.15, 0.2) is 0 Å². The van der Waals surface area contributed by atoms with Gasteiger partial charge in [-0.1, -0.05) is 137 Å². The van der Waals surface area contributed by atoms with Crippen molar-refractivity contribution < 1.29 is 64.4 Å². The van der Waals surface area contributed by atoms with Crippen molar-refractivity contribution in [3.05, 3.63) is 205 Å². The first-order valence-electron chi connectivity index (χ1n) is 34.8. The van der Waals surface area contributed by atoms with E-state index in [1.54, 1.807) is 76.9 Å². The Morgan fingerprint density at radius 1 is 0.548 bits per heavy atom. The van der Waals surface area contributed by atoms with Crippen LogP contribution in [0.15, 0.2) is 161 Å². The molecule has 0 saturated carbocycles. The Labute approximate surface area is 633 Å². The van der Waals surface area contributed by atoms with Crippen molar-refractivity contribution in [2.45, 2.75) is 96.5 Å². The molecule has 4 N–H and O–H groups in total. The van der Waals surface area contributed by atoms with Crippen LogP contribution in [-0.4, -0.2) is 132 Å². The molecule has 0 spiro atoms. The molecule has 2 fully saturated rings. The predicted octanol–water partition coefficient (Wildman–Crippen LogP) is 15.6. The fourth-order valence-electron chi connectivity index (χ4n) is 12.9. The van der Waals surface area contributed by atoms with Gasteiger partial charge in [0, 0.05) is 81.5 Å². The number of esters is 3. The summed E-state index contributed by atoms with van der Waals surface area (Å²) in [4.78, 5) is 42.0. The van der Waals surface area contributed by atoms with E-state index in [1.807, 2.05) is 60.7 Å². The topological polar surface area (TPSA) is 243 Å². The number of nitrogens with zero attached hydrogens (tertiary/aromatic N) is 4. The van der Waals surface area contributed by atoms with Crippen LogP contribution in [0.1, 0.15) is 56.7 Å². The number of benzene rings is 7. The molecular formula is C78H88B2BrCl3F3N5O11S. The minimum absolute atomic E-state index is 0.0231. The summed E-state index contributed by atoms with van der Waals surface area (Å²) in [5, 5.41) is 39.6. The number of carbonyl (C=O) groups is 3. The maximum absolute atomic E-state index is 14.3.